The van der Waals surface area contributed by atoms with Crippen LogP contribution < -0.4 is 0 Å². The van der Waals surface area contributed by atoms with Crippen LogP contribution in [0, 0.1) is 5.92 Å². The molecule has 0 heterocycles. The average Bonchev–Trinajstić information content (AvgIpc) is 2.51. The van der Waals surface area contributed by atoms with Gasteiger partial charge in [0.2, 0.25) is 0 Å². The van der Waals surface area contributed by atoms with Gasteiger partial charge in [0.25, 0.3) is 0 Å². The van der Waals surface area contributed by atoms with Gasteiger partial charge in [-0.25, -0.2) is 0 Å². The van der Waals surface area contributed by atoms with Gasteiger partial charge in [-0.15, -0.1) is 0 Å². The van der Waals surface area contributed by atoms with Crippen LogP contribution in [0.4, 0.5) is 0 Å². The van der Waals surface area contributed by atoms with Gasteiger partial charge in [0.1, 0.15) is 0 Å². The molecule has 0 N–H and O–H groups in total. The van der Waals surface area contributed by atoms with Crippen molar-refractivity contribution in [1.29, 1.82) is 0 Å². The SMILES string of the molecule is CCCCCCCCCCC([CH2][Al+2])CCCCCCCC. The topological polar surface area (TPSA) is 0 Å². The first kappa shape index (κ1) is 21.5. The summed E-state index contributed by atoms with van der Waals surface area (Å²) < 4.78 is 0. The van der Waals surface area contributed by atoms with E-state index in [2.05, 4.69) is 30.1 Å². The van der Waals surface area contributed by atoms with Crippen molar-refractivity contribution in [3.63, 3.8) is 0 Å². The fourth-order valence-electron chi connectivity index (χ4n) is 3.16. The van der Waals surface area contributed by atoms with Gasteiger partial charge in [-0.2, -0.15) is 0 Å². The zero-order valence-corrected chi connectivity index (χ0v) is 16.3. The van der Waals surface area contributed by atoms with E-state index in [1.807, 2.05) is 0 Å². The number of hydrogen-bond acceptors (Lipinski definition) is 0. The minimum absolute atomic E-state index is 0.987. The van der Waals surface area contributed by atoms with Gasteiger partial charge < -0.3 is 0 Å². The zero-order valence-electron chi connectivity index (χ0n) is 15.2. The molecule has 0 radical (unpaired) electrons. The van der Waals surface area contributed by atoms with Gasteiger partial charge in [0.05, 0.1) is 0 Å². The van der Waals surface area contributed by atoms with Crippen molar-refractivity contribution in [3.05, 3.63) is 0 Å². The maximum absolute atomic E-state index is 2.98. The predicted octanol–water partition coefficient (Wildman–Crippen LogP) is 7.47. The Hall–Kier alpha value is 0.532. The molecule has 122 valence electrons. The van der Waals surface area contributed by atoms with E-state index >= 15 is 0 Å². The Bertz CT molecular complexity index is 179. The molecule has 0 fully saturated rings. The van der Waals surface area contributed by atoms with E-state index in [1.165, 1.54) is 108 Å². The molecular formula is C20H41Al+2. The molecule has 0 aromatic carbocycles. The molecule has 0 aliphatic carbocycles. The van der Waals surface area contributed by atoms with Crippen molar-refractivity contribution in [3.8, 4) is 0 Å². The van der Waals surface area contributed by atoms with Crippen LogP contribution in [0.1, 0.15) is 117 Å². The first-order valence-electron chi connectivity index (χ1n) is 10.0. The maximum atomic E-state index is 2.98. The van der Waals surface area contributed by atoms with Crippen LogP contribution >= 0.6 is 0 Å². The second kappa shape index (κ2) is 18.6. The molecule has 0 saturated heterocycles. The Labute approximate surface area is 144 Å². The third kappa shape index (κ3) is 16.7. The third-order valence-electron chi connectivity index (χ3n) is 4.77. The minimum atomic E-state index is 0.987. The van der Waals surface area contributed by atoms with Crippen molar-refractivity contribution >= 4 is 16.3 Å². The van der Waals surface area contributed by atoms with Crippen molar-refractivity contribution in [1.82, 2.24) is 0 Å². The van der Waals surface area contributed by atoms with Crippen LogP contribution in [0.2, 0.25) is 5.28 Å². The normalized spacial score (nSPS) is 12.8. The molecule has 0 spiro atoms. The van der Waals surface area contributed by atoms with E-state index in [4.69, 9.17) is 0 Å². The van der Waals surface area contributed by atoms with E-state index in [-0.39, 0.29) is 0 Å². The molecule has 1 atom stereocenters. The second-order valence-corrected chi connectivity index (χ2v) is 7.39. The fraction of sp³-hybridized carbons (Fsp3) is 1.00. The van der Waals surface area contributed by atoms with Gasteiger partial charge >= 0.3 is 144 Å². The van der Waals surface area contributed by atoms with Crippen molar-refractivity contribution in [2.45, 2.75) is 122 Å². The summed E-state index contributed by atoms with van der Waals surface area (Å²) in [7, 11) is 0. The van der Waals surface area contributed by atoms with E-state index in [9.17, 15) is 0 Å². The molecule has 0 saturated carbocycles. The molecule has 0 aliphatic rings. The van der Waals surface area contributed by atoms with Gasteiger partial charge in [-0.1, -0.05) is 0 Å². The number of hydrogen-bond donors (Lipinski definition) is 0. The Kier molecular flexibility index (Phi) is 19.1. The van der Waals surface area contributed by atoms with Crippen LogP contribution in [-0.4, -0.2) is 16.3 Å². The molecule has 21 heavy (non-hydrogen) atoms. The van der Waals surface area contributed by atoms with Crippen molar-refractivity contribution < 1.29 is 0 Å². The second-order valence-electron chi connectivity index (χ2n) is 6.92. The van der Waals surface area contributed by atoms with Gasteiger partial charge in [0.15, 0.2) is 0 Å². The van der Waals surface area contributed by atoms with Gasteiger partial charge in [-0.3, -0.25) is 0 Å². The van der Waals surface area contributed by atoms with Crippen molar-refractivity contribution in [2.75, 3.05) is 0 Å². The average molecular weight is 309 g/mol. The van der Waals surface area contributed by atoms with Crippen LogP contribution in [0.25, 0.3) is 0 Å². The molecule has 0 bridgehead atoms. The summed E-state index contributed by atoms with van der Waals surface area (Å²) in [5.41, 5.74) is 0. The van der Waals surface area contributed by atoms with Crippen LogP contribution in [0.15, 0.2) is 0 Å². The molecule has 0 aliphatic heterocycles. The molecule has 0 nitrogen and oxygen atoms in total. The number of rotatable bonds is 17. The first-order chi connectivity index (χ1) is 10.3. The summed E-state index contributed by atoms with van der Waals surface area (Å²) in [4.78, 5) is 0. The van der Waals surface area contributed by atoms with E-state index in [1.54, 1.807) is 0 Å². The molecule has 0 rings (SSSR count). The Balaban J connectivity index is 3.28. The zero-order chi connectivity index (χ0) is 15.6. The third-order valence-corrected chi connectivity index (χ3v) is 5.43. The molecule has 1 unspecified atom stereocenters. The summed E-state index contributed by atoms with van der Waals surface area (Å²) in [6.07, 6.45) is 23.3. The van der Waals surface area contributed by atoms with Crippen LogP contribution in [0.3, 0.4) is 0 Å². The van der Waals surface area contributed by atoms with Gasteiger partial charge in [-0.05, 0) is 0 Å². The monoisotopic (exact) mass is 308 g/mol. The van der Waals surface area contributed by atoms with Gasteiger partial charge in [0, 0.05) is 0 Å². The molecule has 0 aromatic heterocycles. The summed E-state index contributed by atoms with van der Waals surface area (Å²) >= 11 is 2.98. The quantitative estimate of drug-likeness (QED) is 0.193. The van der Waals surface area contributed by atoms with Crippen LogP contribution in [0.5, 0.6) is 0 Å². The summed E-state index contributed by atoms with van der Waals surface area (Å²) in [6.45, 7) is 4.60. The van der Waals surface area contributed by atoms with E-state index in [0.29, 0.717) is 0 Å². The molecule has 1 heteroatoms. The summed E-state index contributed by atoms with van der Waals surface area (Å²) in [5, 5.41) is 1.32. The number of unbranched alkanes of at least 4 members (excludes halogenated alkanes) is 12. The molecule has 0 amide bonds. The van der Waals surface area contributed by atoms with Crippen molar-refractivity contribution in [2.24, 2.45) is 5.92 Å². The summed E-state index contributed by atoms with van der Waals surface area (Å²) in [6, 6.07) is 0. The summed E-state index contributed by atoms with van der Waals surface area (Å²) in [5.74, 6) is 0.987. The molecule has 0 aromatic rings. The van der Waals surface area contributed by atoms with E-state index < -0.39 is 0 Å². The van der Waals surface area contributed by atoms with E-state index in [0.717, 1.165) is 5.92 Å². The fourth-order valence-corrected chi connectivity index (χ4v) is 3.63. The Morgan fingerprint density at radius 3 is 1.19 bits per heavy atom. The standard InChI is InChI=1S/C20H41.Al/c1-4-6-8-10-12-13-15-17-19-20(3)18-16-14-11-9-7-5-2;/h20H,3-19H2,1-2H3;/q;+2. The predicted molar refractivity (Wildman–Crippen MR) is 99.3 cm³/mol. The Morgan fingerprint density at radius 1 is 0.524 bits per heavy atom. The van der Waals surface area contributed by atoms with Crippen LogP contribution in [-0.2, 0) is 0 Å². The molecular weight excluding hydrogens is 267 g/mol. The first-order valence-corrected chi connectivity index (χ1v) is 10.9. The Morgan fingerprint density at radius 2 is 0.857 bits per heavy atom.